The first-order valence-electron chi connectivity index (χ1n) is 12.5. The van der Waals surface area contributed by atoms with Crippen LogP contribution in [0.25, 0.3) is 32.1 Å². The summed E-state index contributed by atoms with van der Waals surface area (Å²) in [6.07, 6.45) is -3.47. The Kier molecular flexibility index (Phi) is 6.29. The van der Waals surface area contributed by atoms with Crippen molar-refractivity contribution in [3.05, 3.63) is 57.8 Å². The average molecular weight is 585 g/mol. The molecule has 1 aliphatic heterocycles. The Morgan fingerprint density at radius 2 is 1.90 bits per heavy atom. The largest absolute Gasteiger partial charge is 0.490 e. The van der Waals surface area contributed by atoms with E-state index in [0.717, 1.165) is 10.4 Å². The van der Waals surface area contributed by atoms with E-state index in [0.29, 0.717) is 21.3 Å². The number of nitrogen functional groups attached to an aromatic ring is 2. The molecule has 4 N–H and O–H groups in total. The number of fused-ring (bicyclic) bond motifs is 1. The number of aryl methyl sites for hydroxylation is 2. The molecule has 0 radical (unpaired) electrons. The van der Waals surface area contributed by atoms with Crippen molar-refractivity contribution in [3.63, 3.8) is 0 Å². The van der Waals surface area contributed by atoms with Crippen molar-refractivity contribution in [3.8, 4) is 22.9 Å². The van der Waals surface area contributed by atoms with E-state index in [4.69, 9.17) is 20.9 Å². The van der Waals surface area contributed by atoms with Gasteiger partial charge in [-0.1, -0.05) is 18.2 Å². The molecular formula is C28H24F4N6O2S. The minimum Gasteiger partial charge on any atom is -0.490 e. The highest BCUT2D eigenvalue weighted by Gasteiger charge is 2.43. The molecule has 41 heavy (non-hydrogen) atoms. The van der Waals surface area contributed by atoms with Crippen LogP contribution in [-0.2, 0) is 12.7 Å². The fourth-order valence-corrected chi connectivity index (χ4v) is 6.31. The molecule has 0 spiro atoms. The SMILES string of the molecule is COc1nc2c3c(c(C(F)(F)F)c(-c4ccc(C)c5sc(C)c(N)c45)c(F)c3n1)OCCN2Cc1cccnc1N. The second-order valence-electron chi connectivity index (χ2n) is 9.67. The summed E-state index contributed by atoms with van der Waals surface area (Å²) in [5.74, 6) is -1.46. The van der Waals surface area contributed by atoms with E-state index >= 15 is 17.6 Å². The third kappa shape index (κ3) is 4.22. The molecule has 0 saturated heterocycles. The summed E-state index contributed by atoms with van der Waals surface area (Å²) in [4.78, 5) is 15.0. The molecule has 0 unspecified atom stereocenters. The number of nitrogens with two attached hydrogens (primary N) is 2. The average Bonchev–Trinajstić information content (AvgIpc) is 3.12. The predicted molar refractivity (Wildman–Crippen MR) is 151 cm³/mol. The van der Waals surface area contributed by atoms with E-state index < -0.39 is 28.9 Å². The standard InChI is InChI=1S/C28H24F4N6O2S/c1-12-6-7-15(17-21(33)13(2)41-24(12)17)16-19(28(30,31)32)23-18-22(20(16)29)36-27(39-3)37-26(18)38(9-10-40-23)11-14-5-4-8-35-25(14)34/h4-8H,9-11,33H2,1-3H3,(H2,34,35). The van der Waals surface area contributed by atoms with Crippen LogP contribution < -0.4 is 25.8 Å². The van der Waals surface area contributed by atoms with Crippen LogP contribution in [0.15, 0.2) is 30.5 Å². The van der Waals surface area contributed by atoms with Crippen LogP contribution in [-0.4, -0.2) is 35.2 Å². The Labute approximate surface area is 235 Å². The molecule has 13 heteroatoms. The molecule has 3 aromatic heterocycles. The van der Waals surface area contributed by atoms with Crippen LogP contribution >= 0.6 is 11.3 Å². The number of hydrogen-bond acceptors (Lipinski definition) is 9. The number of benzene rings is 2. The van der Waals surface area contributed by atoms with Crippen molar-refractivity contribution < 1.29 is 27.0 Å². The van der Waals surface area contributed by atoms with Gasteiger partial charge in [0.2, 0.25) is 0 Å². The number of ether oxygens (including phenoxy) is 2. The van der Waals surface area contributed by atoms with Crippen LogP contribution in [0, 0.1) is 19.7 Å². The number of thiophene rings is 1. The smallest absolute Gasteiger partial charge is 0.420 e. The van der Waals surface area contributed by atoms with Gasteiger partial charge in [-0.25, -0.2) is 9.37 Å². The number of alkyl halides is 3. The number of hydrogen-bond donors (Lipinski definition) is 2. The van der Waals surface area contributed by atoms with Gasteiger partial charge in [-0.15, -0.1) is 11.3 Å². The van der Waals surface area contributed by atoms with Crippen molar-refractivity contribution in [1.29, 1.82) is 0 Å². The van der Waals surface area contributed by atoms with E-state index in [1.54, 1.807) is 30.0 Å². The van der Waals surface area contributed by atoms with Gasteiger partial charge in [-0.3, -0.25) is 0 Å². The van der Waals surface area contributed by atoms with Crippen molar-refractivity contribution >= 4 is 49.6 Å². The quantitative estimate of drug-likeness (QED) is 0.238. The van der Waals surface area contributed by atoms with Gasteiger partial charge in [0.1, 0.15) is 35.1 Å². The Balaban J connectivity index is 1.73. The first-order chi connectivity index (χ1) is 19.5. The summed E-state index contributed by atoms with van der Waals surface area (Å²) >= 11 is 1.34. The number of anilines is 3. The van der Waals surface area contributed by atoms with Gasteiger partial charge in [0.05, 0.1) is 24.7 Å². The molecule has 0 fully saturated rings. The summed E-state index contributed by atoms with van der Waals surface area (Å²) in [5.41, 5.74) is 11.8. The number of halogens is 4. The van der Waals surface area contributed by atoms with Crippen molar-refractivity contribution in [2.75, 3.05) is 36.6 Å². The van der Waals surface area contributed by atoms with Crippen LogP contribution in [0.5, 0.6) is 11.8 Å². The molecule has 0 amide bonds. The summed E-state index contributed by atoms with van der Waals surface area (Å²) in [6.45, 7) is 3.71. The third-order valence-corrected chi connectivity index (χ3v) is 8.45. The lowest BCUT2D eigenvalue weighted by molar-refractivity contribution is -0.138. The number of nitrogens with zero attached hydrogens (tertiary/aromatic N) is 4. The van der Waals surface area contributed by atoms with E-state index in [2.05, 4.69) is 15.0 Å². The van der Waals surface area contributed by atoms with Gasteiger partial charge in [-0.05, 0) is 31.0 Å². The first kappa shape index (κ1) is 26.8. The minimum atomic E-state index is -5.00. The molecule has 0 atom stereocenters. The van der Waals surface area contributed by atoms with E-state index in [-0.39, 0.29) is 53.8 Å². The molecule has 0 saturated carbocycles. The van der Waals surface area contributed by atoms with Crippen molar-refractivity contribution in [2.45, 2.75) is 26.6 Å². The van der Waals surface area contributed by atoms with Crippen LogP contribution in [0.4, 0.5) is 34.9 Å². The Morgan fingerprint density at radius 1 is 1.12 bits per heavy atom. The maximum absolute atomic E-state index is 16.7. The number of pyridine rings is 1. The maximum atomic E-state index is 16.7. The van der Waals surface area contributed by atoms with Gasteiger partial charge >= 0.3 is 12.2 Å². The summed E-state index contributed by atoms with van der Waals surface area (Å²) < 4.78 is 73.5. The number of methoxy groups -OCH3 is 1. The van der Waals surface area contributed by atoms with E-state index in [1.165, 1.54) is 30.7 Å². The summed E-state index contributed by atoms with van der Waals surface area (Å²) in [7, 11) is 1.30. The molecule has 0 bridgehead atoms. The normalized spacial score (nSPS) is 13.5. The molecule has 5 aromatic rings. The lowest BCUT2D eigenvalue weighted by Crippen LogP contribution is -2.28. The van der Waals surface area contributed by atoms with Crippen LogP contribution in [0.3, 0.4) is 0 Å². The lowest BCUT2D eigenvalue weighted by atomic mass is 9.91. The van der Waals surface area contributed by atoms with Gasteiger partial charge in [0, 0.05) is 38.8 Å². The zero-order valence-electron chi connectivity index (χ0n) is 22.2. The molecule has 8 nitrogen and oxygen atoms in total. The fourth-order valence-electron chi connectivity index (χ4n) is 5.24. The van der Waals surface area contributed by atoms with E-state index in [1.807, 2.05) is 6.92 Å². The van der Waals surface area contributed by atoms with Crippen LogP contribution in [0.1, 0.15) is 21.6 Å². The summed E-state index contributed by atoms with van der Waals surface area (Å²) in [6, 6.07) is 6.33. The fraction of sp³-hybridized carbons (Fsp3) is 0.250. The minimum absolute atomic E-state index is 0.00221. The highest BCUT2D eigenvalue weighted by Crippen LogP contribution is 2.53. The molecule has 2 aromatic carbocycles. The lowest BCUT2D eigenvalue weighted by Gasteiger charge is -2.24. The number of rotatable bonds is 4. The topological polar surface area (TPSA) is 112 Å². The molecule has 1 aliphatic rings. The second-order valence-corrected chi connectivity index (χ2v) is 10.9. The monoisotopic (exact) mass is 584 g/mol. The molecule has 0 aliphatic carbocycles. The Morgan fingerprint density at radius 3 is 2.61 bits per heavy atom. The Hall–Kier alpha value is -4.39. The highest BCUT2D eigenvalue weighted by atomic mass is 32.1. The second kappa shape index (κ2) is 9.61. The number of aromatic nitrogens is 3. The predicted octanol–water partition coefficient (Wildman–Crippen LogP) is 6.25. The maximum Gasteiger partial charge on any atom is 0.420 e. The first-order valence-corrected chi connectivity index (χ1v) is 13.4. The zero-order valence-corrected chi connectivity index (χ0v) is 23.0. The van der Waals surface area contributed by atoms with Crippen molar-refractivity contribution in [1.82, 2.24) is 15.0 Å². The molecule has 4 heterocycles. The van der Waals surface area contributed by atoms with Gasteiger partial charge in [-0.2, -0.15) is 23.1 Å². The van der Waals surface area contributed by atoms with Gasteiger partial charge in [0.15, 0.2) is 5.82 Å². The van der Waals surface area contributed by atoms with Gasteiger partial charge in [0.25, 0.3) is 0 Å². The van der Waals surface area contributed by atoms with E-state index in [9.17, 15) is 0 Å². The zero-order chi connectivity index (χ0) is 29.2. The van der Waals surface area contributed by atoms with Crippen LogP contribution in [0.2, 0.25) is 0 Å². The molecular weight excluding hydrogens is 560 g/mol. The summed E-state index contributed by atoms with van der Waals surface area (Å²) in [5, 5.41) is 0.143. The van der Waals surface area contributed by atoms with Crippen molar-refractivity contribution in [2.24, 2.45) is 0 Å². The van der Waals surface area contributed by atoms with Gasteiger partial charge < -0.3 is 25.8 Å². The molecule has 212 valence electrons. The highest BCUT2D eigenvalue weighted by molar-refractivity contribution is 7.20. The third-order valence-electron chi connectivity index (χ3n) is 7.19. The molecule has 6 rings (SSSR count). The Bertz CT molecular complexity index is 1860.